The largest absolute Gasteiger partial charge is 0.662 e. The Hall–Kier alpha value is -5.30. The van der Waals surface area contributed by atoms with Crippen LogP contribution in [0.25, 0.3) is 77.5 Å². The normalized spacial score (nSPS) is 11.2. The molecule has 0 N–H and O–H groups in total. The van der Waals surface area contributed by atoms with Gasteiger partial charge in [-0.15, -0.1) is 34.5 Å². The molecule has 0 aliphatic carbocycles. The van der Waals surface area contributed by atoms with Crippen molar-refractivity contribution in [1.29, 1.82) is 0 Å². The molecular weight excluding hydrogens is 1010 g/mol. The summed E-state index contributed by atoms with van der Waals surface area (Å²) >= 11 is 0. The van der Waals surface area contributed by atoms with Crippen molar-refractivity contribution < 1.29 is 51.3 Å². The van der Waals surface area contributed by atoms with E-state index in [1.54, 1.807) is 0 Å². The zero-order valence-electron chi connectivity index (χ0n) is 28.5. The zero-order valence-corrected chi connectivity index (χ0v) is 33.0. The molecule has 10 rings (SSSR count). The van der Waals surface area contributed by atoms with E-state index in [-0.39, 0.29) is 42.1 Å². The van der Waals surface area contributed by atoms with Crippen molar-refractivity contribution >= 4 is 43.6 Å². The number of hydrogen-bond acceptors (Lipinski definition) is 2. The van der Waals surface area contributed by atoms with Gasteiger partial charge < -0.3 is 47.3 Å². The molecule has 0 aliphatic heterocycles. The topological polar surface area (TPSA) is 81.5 Å². The molecule has 0 spiro atoms. The standard InChI is InChI=1S/2C20H15N5.2Pt/c2*1-23-9-10-25(13-23)18-8-4-6-15-14-5-3-7-16(19(14)22-20(15)18)17-11-24(2)12-21-17;;/h2*3-11H,1-2H3;;/q2*-2;;. The Morgan fingerprint density at radius 1 is 0.538 bits per heavy atom. The molecule has 0 atom stereocenters. The van der Waals surface area contributed by atoms with Gasteiger partial charge in [0.15, 0.2) is 0 Å². The second-order valence-corrected chi connectivity index (χ2v) is 12.4. The van der Waals surface area contributed by atoms with Crippen LogP contribution in [0.15, 0.2) is 110 Å². The van der Waals surface area contributed by atoms with Crippen molar-refractivity contribution in [3.05, 3.63) is 135 Å². The maximum absolute atomic E-state index is 4.97. The van der Waals surface area contributed by atoms with Crippen LogP contribution < -0.4 is 19.1 Å². The van der Waals surface area contributed by atoms with Crippen molar-refractivity contribution in [1.82, 2.24) is 38.2 Å². The van der Waals surface area contributed by atoms with E-state index in [4.69, 9.17) is 9.97 Å². The fraction of sp³-hybridized carbons (Fsp3) is 0.100. The van der Waals surface area contributed by atoms with Gasteiger partial charge in [0.25, 0.3) is 0 Å². The summed E-state index contributed by atoms with van der Waals surface area (Å²) in [4.78, 5) is 18.7. The number of para-hydroxylation sites is 4. The van der Waals surface area contributed by atoms with Crippen molar-refractivity contribution in [2.24, 2.45) is 28.2 Å². The quantitative estimate of drug-likeness (QED) is 0.181. The Morgan fingerprint density at radius 2 is 0.923 bits per heavy atom. The average Bonchev–Trinajstić information content (AvgIpc) is 3.98. The average molecular weight is 1040 g/mol. The summed E-state index contributed by atoms with van der Waals surface area (Å²) in [5, 5.41) is 4.55. The first-order valence-corrected chi connectivity index (χ1v) is 16.1. The smallest absolute Gasteiger partial charge is 0.243 e. The molecule has 0 saturated carbocycles. The van der Waals surface area contributed by atoms with E-state index < -0.39 is 0 Å². The number of hydrogen-bond donors (Lipinski definition) is 0. The van der Waals surface area contributed by atoms with Crippen LogP contribution in [-0.2, 0) is 70.3 Å². The summed E-state index contributed by atoms with van der Waals surface area (Å²) in [6.07, 6.45) is 24.2. The van der Waals surface area contributed by atoms with Gasteiger partial charge in [-0.05, 0) is 35.6 Å². The van der Waals surface area contributed by atoms with Gasteiger partial charge in [-0.1, -0.05) is 95.3 Å². The predicted octanol–water partition coefficient (Wildman–Crippen LogP) is 5.13. The number of rotatable bonds is 4. The van der Waals surface area contributed by atoms with E-state index in [1.165, 1.54) is 0 Å². The molecule has 0 fully saturated rings. The summed E-state index contributed by atoms with van der Waals surface area (Å²) in [6, 6.07) is 25.0. The molecule has 264 valence electrons. The molecule has 6 heterocycles. The van der Waals surface area contributed by atoms with Gasteiger partial charge in [0.05, 0.1) is 14.1 Å². The van der Waals surface area contributed by atoms with Gasteiger partial charge in [0.1, 0.15) is 0 Å². The van der Waals surface area contributed by atoms with Crippen molar-refractivity contribution in [3.63, 3.8) is 0 Å². The molecule has 0 amide bonds. The van der Waals surface area contributed by atoms with Gasteiger partial charge in [-0.2, -0.15) is 0 Å². The number of benzene rings is 4. The van der Waals surface area contributed by atoms with Gasteiger partial charge in [-0.3, -0.25) is 0 Å². The fourth-order valence-corrected chi connectivity index (χ4v) is 6.60. The van der Waals surface area contributed by atoms with Gasteiger partial charge in [0, 0.05) is 90.9 Å². The van der Waals surface area contributed by atoms with Crippen molar-refractivity contribution in [2.75, 3.05) is 0 Å². The van der Waals surface area contributed by atoms with Gasteiger partial charge >= 0.3 is 0 Å². The molecular formula is C40H30N10Pt2-4. The van der Waals surface area contributed by atoms with Crippen LogP contribution in [0.2, 0.25) is 0 Å². The van der Waals surface area contributed by atoms with E-state index in [1.807, 2.05) is 92.8 Å². The number of imidazole rings is 4. The first-order valence-electron chi connectivity index (χ1n) is 16.1. The number of aromatic nitrogens is 10. The third-order valence-corrected chi connectivity index (χ3v) is 8.90. The van der Waals surface area contributed by atoms with Crippen LogP contribution >= 0.6 is 0 Å². The Balaban J connectivity index is 0.000000156. The third-order valence-electron chi connectivity index (χ3n) is 8.90. The van der Waals surface area contributed by atoms with Crippen molar-refractivity contribution in [2.45, 2.75) is 0 Å². The monoisotopic (exact) mass is 1040 g/mol. The number of aryl methyl sites for hydroxylation is 4. The Morgan fingerprint density at radius 3 is 1.27 bits per heavy atom. The molecule has 12 heteroatoms. The van der Waals surface area contributed by atoms with Crippen LogP contribution in [0.4, 0.5) is 0 Å². The van der Waals surface area contributed by atoms with Crippen LogP contribution in [0, 0.1) is 25.3 Å². The minimum atomic E-state index is 0. The van der Waals surface area contributed by atoms with Crippen LogP contribution in [0.3, 0.4) is 0 Å². The molecule has 52 heavy (non-hydrogen) atoms. The minimum Gasteiger partial charge on any atom is -0.662 e. The third kappa shape index (κ3) is 6.06. The zero-order chi connectivity index (χ0) is 33.9. The summed E-state index contributed by atoms with van der Waals surface area (Å²) in [6.45, 7) is 0. The molecule has 0 bridgehead atoms. The molecule has 10 aromatic rings. The molecule has 10 nitrogen and oxygen atoms in total. The summed E-state index contributed by atoms with van der Waals surface area (Å²) < 4.78 is 11.4. The maximum atomic E-state index is 4.97. The first kappa shape index (κ1) is 35.1. The number of fused-ring (bicyclic) bond motifs is 6. The summed E-state index contributed by atoms with van der Waals surface area (Å²) in [7, 11) is 7.76. The molecule has 4 aromatic carbocycles. The molecule has 0 saturated heterocycles. The van der Waals surface area contributed by atoms with E-state index >= 15 is 0 Å². The molecule has 6 aromatic heterocycles. The van der Waals surface area contributed by atoms with E-state index in [9.17, 15) is 0 Å². The Labute approximate surface area is 328 Å². The van der Waals surface area contributed by atoms with E-state index in [2.05, 4.69) is 108 Å². The van der Waals surface area contributed by atoms with Crippen LogP contribution in [0.5, 0.6) is 0 Å². The van der Waals surface area contributed by atoms with Crippen LogP contribution in [0.1, 0.15) is 0 Å². The number of nitrogens with zero attached hydrogens (tertiary/aromatic N) is 10. The van der Waals surface area contributed by atoms with Gasteiger partial charge in [-0.25, -0.2) is 0 Å². The fourth-order valence-electron chi connectivity index (χ4n) is 6.60. The second kappa shape index (κ2) is 14.0. The minimum absolute atomic E-state index is 0. The maximum Gasteiger partial charge on any atom is 0.243 e. The molecule has 0 unspecified atom stereocenters. The molecule has 0 radical (unpaired) electrons. The summed E-state index contributed by atoms with van der Waals surface area (Å²) in [5.41, 5.74) is 9.74. The van der Waals surface area contributed by atoms with Crippen LogP contribution in [-0.4, -0.2) is 28.2 Å². The SMILES string of the molecule is Cn1[c-]nc(-c2cccc3c2[n-]c2c(-n4[c-][n+](C)cc4)cccc23)c1.Cn1[c-]nc(-c2cccc3c2[n-]c2c(-n4[c-][n+](C)cc4)cccc23)c1.[Pt].[Pt]. The Bertz CT molecular complexity index is 2460. The Kier molecular flexibility index (Phi) is 9.47. The van der Waals surface area contributed by atoms with Gasteiger partial charge in [0.2, 0.25) is 12.7 Å². The second-order valence-electron chi connectivity index (χ2n) is 12.4. The first-order chi connectivity index (χ1) is 24.4. The molecule has 0 aliphatic rings. The predicted molar refractivity (Wildman–Crippen MR) is 190 cm³/mol. The van der Waals surface area contributed by atoms with E-state index in [0.29, 0.717) is 0 Å². The van der Waals surface area contributed by atoms with E-state index in [0.717, 1.165) is 77.5 Å². The van der Waals surface area contributed by atoms with Crippen molar-refractivity contribution in [3.8, 4) is 33.9 Å². The summed E-state index contributed by atoms with van der Waals surface area (Å²) in [5.74, 6) is 0.